The summed E-state index contributed by atoms with van der Waals surface area (Å²) >= 11 is 0. The van der Waals surface area contributed by atoms with E-state index < -0.39 is 11.5 Å². The molecule has 1 rings (SSSR count). The van der Waals surface area contributed by atoms with Gasteiger partial charge in [0, 0.05) is 12.6 Å². The van der Waals surface area contributed by atoms with Crippen LogP contribution in [0.15, 0.2) is 0 Å². The first kappa shape index (κ1) is 13.8. The van der Waals surface area contributed by atoms with E-state index in [1.165, 1.54) is 13.8 Å². The highest BCUT2D eigenvalue weighted by Gasteiger charge is 2.37. The fourth-order valence-corrected chi connectivity index (χ4v) is 1.57. The lowest BCUT2D eigenvalue weighted by atomic mass is 10.1. The van der Waals surface area contributed by atoms with E-state index in [-0.39, 0.29) is 6.03 Å². The van der Waals surface area contributed by atoms with Crippen LogP contribution in [0.3, 0.4) is 0 Å². The van der Waals surface area contributed by atoms with E-state index in [0.29, 0.717) is 18.5 Å². The summed E-state index contributed by atoms with van der Waals surface area (Å²) in [6.07, 6.45) is 2.04. The number of carbonyl (C=O) groups is 2. The first-order chi connectivity index (χ1) is 7.74. The fraction of sp³-hybridized carbons (Fsp3) is 0.833. The van der Waals surface area contributed by atoms with Gasteiger partial charge in [-0.05, 0) is 32.6 Å². The zero-order valence-electron chi connectivity index (χ0n) is 11.0. The minimum atomic E-state index is -1.22. The number of amides is 2. The van der Waals surface area contributed by atoms with Crippen molar-refractivity contribution < 1.29 is 14.7 Å². The first-order valence-corrected chi connectivity index (χ1v) is 6.06. The number of carboxylic acids is 1. The third kappa shape index (κ3) is 3.91. The van der Waals surface area contributed by atoms with E-state index in [1.807, 2.05) is 13.8 Å². The van der Waals surface area contributed by atoms with E-state index in [1.54, 1.807) is 4.90 Å². The van der Waals surface area contributed by atoms with Gasteiger partial charge in [-0.15, -0.1) is 0 Å². The van der Waals surface area contributed by atoms with Crippen LogP contribution in [0.25, 0.3) is 0 Å². The Morgan fingerprint density at radius 2 is 1.94 bits per heavy atom. The van der Waals surface area contributed by atoms with Crippen LogP contribution in [0.5, 0.6) is 0 Å². The molecule has 0 atom stereocenters. The Bertz CT molecular complexity index is 309. The van der Waals surface area contributed by atoms with Crippen molar-refractivity contribution in [2.24, 2.45) is 5.92 Å². The van der Waals surface area contributed by atoms with Crippen molar-refractivity contribution in [2.45, 2.75) is 52.1 Å². The number of carboxylic acid groups (broad SMARTS) is 1. The molecule has 0 aliphatic heterocycles. The Morgan fingerprint density at radius 3 is 2.29 bits per heavy atom. The van der Waals surface area contributed by atoms with Crippen LogP contribution in [-0.2, 0) is 4.79 Å². The quantitative estimate of drug-likeness (QED) is 0.770. The molecule has 0 unspecified atom stereocenters. The lowest BCUT2D eigenvalue weighted by Crippen LogP contribution is -2.55. The molecule has 1 saturated carbocycles. The van der Waals surface area contributed by atoms with E-state index >= 15 is 0 Å². The second kappa shape index (κ2) is 4.94. The standard InChI is InChI=1S/C12H22N2O3/c1-8(2)7-14(9-5-6-9)11(17)13-12(3,4)10(15)16/h8-9H,5-7H2,1-4H3,(H,13,17)(H,15,16). The third-order valence-electron chi connectivity index (χ3n) is 2.76. The molecule has 0 saturated heterocycles. The predicted octanol–water partition coefficient (Wildman–Crippen LogP) is 1.68. The molecule has 1 fully saturated rings. The second-order valence-electron chi connectivity index (χ2n) is 5.64. The Kier molecular flexibility index (Phi) is 4.01. The number of hydrogen-bond donors (Lipinski definition) is 2. The highest BCUT2D eigenvalue weighted by atomic mass is 16.4. The molecule has 2 N–H and O–H groups in total. The molecule has 98 valence electrons. The average Bonchev–Trinajstić information content (AvgIpc) is 2.95. The van der Waals surface area contributed by atoms with Gasteiger partial charge in [-0.1, -0.05) is 13.8 Å². The normalized spacial score (nSPS) is 15.8. The van der Waals surface area contributed by atoms with Gasteiger partial charge < -0.3 is 15.3 Å². The molecule has 0 aromatic heterocycles. The number of aliphatic carboxylic acids is 1. The van der Waals surface area contributed by atoms with Gasteiger partial charge in [0.2, 0.25) is 0 Å². The molecule has 5 heteroatoms. The van der Waals surface area contributed by atoms with Gasteiger partial charge in [0.05, 0.1) is 0 Å². The van der Waals surface area contributed by atoms with Gasteiger partial charge in [0.15, 0.2) is 0 Å². The van der Waals surface area contributed by atoms with E-state index in [9.17, 15) is 9.59 Å². The van der Waals surface area contributed by atoms with Crippen molar-refractivity contribution >= 4 is 12.0 Å². The molecule has 5 nitrogen and oxygen atoms in total. The summed E-state index contributed by atoms with van der Waals surface area (Å²) in [5, 5.41) is 11.5. The van der Waals surface area contributed by atoms with Gasteiger partial charge in [-0.3, -0.25) is 0 Å². The Labute approximate surface area is 102 Å². The highest BCUT2D eigenvalue weighted by Crippen LogP contribution is 2.27. The van der Waals surface area contributed by atoms with Crippen molar-refractivity contribution in [3.63, 3.8) is 0 Å². The molecule has 2 amide bonds. The van der Waals surface area contributed by atoms with Crippen molar-refractivity contribution in [2.75, 3.05) is 6.54 Å². The minimum absolute atomic E-state index is 0.270. The molecule has 0 heterocycles. The van der Waals surface area contributed by atoms with Gasteiger partial charge in [-0.25, -0.2) is 9.59 Å². The van der Waals surface area contributed by atoms with Crippen molar-refractivity contribution in [1.82, 2.24) is 10.2 Å². The van der Waals surface area contributed by atoms with E-state index in [4.69, 9.17) is 5.11 Å². The van der Waals surface area contributed by atoms with Crippen LogP contribution in [0.1, 0.15) is 40.5 Å². The van der Waals surface area contributed by atoms with Gasteiger partial charge >= 0.3 is 12.0 Å². The average molecular weight is 242 g/mol. The van der Waals surface area contributed by atoms with Crippen LogP contribution in [0, 0.1) is 5.92 Å². The zero-order valence-corrected chi connectivity index (χ0v) is 11.0. The zero-order chi connectivity index (χ0) is 13.2. The number of rotatable bonds is 5. The minimum Gasteiger partial charge on any atom is -0.480 e. The lowest BCUT2D eigenvalue weighted by molar-refractivity contribution is -0.143. The molecule has 17 heavy (non-hydrogen) atoms. The highest BCUT2D eigenvalue weighted by molar-refractivity contribution is 5.85. The number of nitrogens with one attached hydrogen (secondary N) is 1. The maximum absolute atomic E-state index is 12.0. The maximum Gasteiger partial charge on any atom is 0.328 e. The fourth-order valence-electron chi connectivity index (χ4n) is 1.57. The Hall–Kier alpha value is -1.26. The summed E-state index contributed by atoms with van der Waals surface area (Å²) in [7, 11) is 0. The van der Waals surface area contributed by atoms with Gasteiger partial charge in [0.25, 0.3) is 0 Å². The lowest BCUT2D eigenvalue weighted by Gasteiger charge is -2.29. The summed E-state index contributed by atoms with van der Waals surface area (Å²) in [5.41, 5.74) is -1.22. The second-order valence-corrected chi connectivity index (χ2v) is 5.64. The van der Waals surface area contributed by atoms with Crippen LogP contribution in [0.4, 0.5) is 4.79 Å². The van der Waals surface area contributed by atoms with Crippen LogP contribution in [-0.4, -0.2) is 40.1 Å². The van der Waals surface area contributed by atoms with Crippen molar-refractivity contribution in [3.05, 3.63) is 0 Å². The number of urea groups is 1. The Balaban J connectivity index is 2.62. The molecule has 0 radical (unpaired) electrons. The summed E-state index contributed by atoms with van der Waals surface area (Å²) in [4.78, 5) is 24.7. The van der Waals surface area contributed by atoms with Crippen LogP contribution >= 0.6 is 0 Å². The molecule has 0 aromatic carbocycles. The SMILES string of the molecule is CC(C)CN(C(=O)NC(C)(C)C(=O)O)C1CC1. The maximum atomic E-state index is 12.0. The summed E-state index contributed by atoms with van der Waals surface area (Å²) in [6.45, 7) is 7.75. The number of hydrogen-bond acceptors (Lipinski definition) is 2. The molecule has 0 bridgehead atoms. The van der Waals surface area contributed by atoms with E-state index in [2.05, 4.69) is 5.32 Å². The number of nitrogens with zero attached hydrogens (tertiary/aromatic N) is 1. The molecular formula is C12H22N2O3. The molecule has 1 aliphatic rings. The molecule has 0 spiro atoms. The van der Waals surface area contributed by atoms with Crippen LogP contribution in [0.2, 0.25) is 0 Å². The summed E-state index contributed by atoms with van der Waals surface area (Å²) < 4.78 is 0. The summed E-state index contributed by atoms with van der Waals surface area (Å²) in [5.74, 6) is -0.638. The predicted molar refractivity (Wildman–Crippen MR) is 64.8 cm³/mol. The smallest absolute Gasteiger partial charge is 0.328 e. The first-order valence-electron chi connectivity index (χ1n) is 6.06. The number of carbonyl (C=O) groups excluding carboxylic acids is 1. The molecule has 1 aliphatic carbocycles. The van der Waals surface area contributed by atoms with Crippen LogP contribution < -0.4 is 5.32 Å². The van der Waals surface area contributed by atoms with Gasteiger partial charge in [-0.2, -0.15) is 0 Å². The van der Waals surface area contributed by atoms with Crippen molar-refractivity contribution in [1.29, 1.82) is 0 Å². The van der Waals surface area contributed by atoms with E-state index in [0.717, 1.165) is 12.8 Å². The van der Waals surface area contributed by atoms with Gasteiger partial charge in [0.1, 0.15) is 5.54 Å². The monoisotopic (exact) mass is 242 g/mol. The molecule has 0 aromatic rings. The topological polar surface area (TPSA) is 69.6 Å². The largest absolute Gasteiger partial charge is 0.480 e. The summed E-state index contributed by atoms with van der Waals surface area (Å²) in [6, 6.07) is 0.0237. The Morgan fingerprint density at radius 1 is 1.41 bits per heavy atom. The third-order valence-corrected chi connectivity index (χ3v) is 2.76. The molecular weight excluding hydrogens is 220 g/mol. The van der Waals surface area contributed by atoms with Crippen molar-refractivity contribution in [3.8, 4) is 0 Å².